The van der Waals surface area contributed by atoms with E-state index in [1.165, 1.54) is 30.4 Å². The molecule has 3 aromatic rings. The molecule has 1 fully saturated rings. The molecule has 2 aliphatic heterocycles. The fraction of sp³-hybridized carbons (Fsp3) is 0.433. The zero-order chi connectivity index (χ0) is 25.5. The van der Waals surface area contributed by atoms with Gasteiger partial charge in [-0.2, -0.15) is 0 Å². The smallest absolute Gasteiger partial charge is 0.250 e. The van der Waals surface area contributed by atoms with Gasteiger partial charge in [-0.3, -0.25) is 9.59 Å². The summed E-state index contributed by atoms with van der Waals surface area (Å²) in [4.78, 5) is 34.8. The van der Waals surface area contributed by atoms with Crippen molar-refractivity contribution in [3.63, 3.8) is 0 Å². The van der Waals surface area contributed by atoms with Crippen LogP contribution in [-0.2, 0) is 22.4 Å². The number of nitrogens with one attached hydrogen (secondary N) is 1. The second-order valence-corrected chi connectivity index (χ2v) is 10.3. The number of nitrogens with zero attached hydrogens (tertiary/aromatic N) is 4. The third-order valence-electron chi connectivity index (χ3n) is 7.75. The Kier molecular flexibility index (Phi) is 8.31. The van der Waals surface area contributed by atoms with E-state index in [9.17, 15) is 9.59 Å². The third kappa shape index (κ3) is 6.46. The highest BCUT2D eigenvalue weighted by atomic mass is 16.2. The number of rotatable bonds is 10. The monoisotopic (exact) mass is 499 g/mol. The van der Waals surface area contributed by atoms with Crippen LogP contribution in [0.3, 0.4) is 0 Å². The molecule has 0 aliphatic carbocycles. The maximum Gasteiger partial charge on any atom is 0.250 e. The first-order valence-electron chi connectivity index (χ1n) is 13.6. The van der Waals surface area contributed by atoms with Gasteiger partial charge in [0.15, 0.2) is 0 Å². The first-order chi connectivity index (χ1) is 18.2. The Morgan fingerprint density at radius 1 is 1.00 bits per heavy atom. The SMILES string of the molecule is O=C(CC(C(=O)N1CCc2ccccc21)n1ccnc1)NCCCN1CCC(Cc2ccccc2)CC1. The second-order valence-electron chi connectivity index (χ2n) is 10.3. The van der Waals surface area contributed by atoms with E-state index in [0.29, 0.717) is 13.1 Å². The molecule has 2 amide bonds. The maximum absolute atomic E-state index is 13.5. The average molecular weight is 500 g/mol. The Bertz CT molecular complexity index is 1160. The van der Waals surface area contributed by atoms with Crippen molar-refractivity contribution in [1.82, 2.24) is 19.8 Å². The molecule has 1 N–H and O–H groups in total. The Labute approximate surface area is 219 Å². The molecule has 1 atom stereocenters. The first-order valence-corrected chi connectivity index (χ1v) is 13.6. The van der Waals surface area contributed by atoms with Gasteiger partial charge in [0.1, 0.15) is 6.04 Å². The molecule has 2 aliphatic rings. The summed E-state index contributed by atoms with van der Waals surface area (Å²) in [6.07, 6.45) is 10.5. The number of piperidine rings is 1. The highest BCUT2D eigenvalue weighted by molar-refractivity contribution is 6.00. The lowest BCUT2D eigenvalue weighted by Crippen LogP contribution is -2.39. The number of imidazole rings is 1. The number of hydrogen-bond acceptors (Lipinski definition) is 4. The van der Waals surface area contributed by atoms with Crippen LogP contribution in [0.1, 0.15) is 42.9 Å². The molecule has 194 valence electrons. The Balaban J connectivity index is 1.06. The normalized spacial score (nSPS) is 16.9. The lowest BCUT2D eigenvalue weighted by Gasteiger charge is -2.32. The number of anilines is 1. The molecule has 1 unspecified atom stereocenters. The summed E-state index contributed by atoms with van der Waals surface area (Å²) in [6, 6.07) is 18.2. The van der Waals surface area contributed by atoms with E-state index in [2.05, 4.69) is 51.6 Å². The molecule has 1 aromatic heterocycles. The lowest BCUT2D eigenvalue weighted by atomic mass is 9.90. The van der Waals surface area contributed by atoms with E-state index in [0.717, 1.165) is 44.1 Å². The first kappa shape index (κ1) is 25.2. The number of likely N-dealkylation sites (tertiary alicyclic amines) is 1. The van der Waals surface area contributed by atoms with Gasteiger partial charge in [0.25, 0.3) is 5.91 Å². The Hall–Kier alpha value is -3.45. The van der Waals surface area contributed by atoms with E-state index in [4.69, 9.17) is 0 Å². The van der Waals surface area contributed by atoms with Gasteiger partial charge in [-0.15, -0.1) is 0 Å². The fourth-order valence-corrected chi connectivity index (χ4v) is 5.66. The third-order valence-corrected chi connectivity index (χ3v) is 7.75. The number of amides is 2. The van der Waals surface area contributed by atoms with Gasteiger partial charge in [-0.1, -0.05) is 48.5 Å². The number of para-hydroxylation sites is 1. The average Bonchev–Trinajstić information content (AvgIpc) is 3.61. The minimum absolute atomic E-state index is 0.0588. The van der Waals surface area contributed by atoms with E-state index in [1.54, 1.807) is 23.3 Å². The van der Waals surface area contributed by atoms with Gasteiger partial charge in [0, 0.05) is 31.2 Å². The molecule has 5 rings (SSSR count). The second kappa shape index (κ2) is 12.2. The minimum atomic E-state index is -0.600. The van der Waals surface area contributed by atoms with Crippen LogP contribution in [0.2, 0.25) is 0 Å². The fourth-order valence-electron chi connectivity index (χ4n) is 5.66. The zero-order valence-electron chi connectivity index (χ0n) is 21.5. The molecule has 7 nitrogen and oxygen atoms in total. The van der Waals surface area contributed by atoms with Crippen LogP contribution in [0.4, 0.5) is 5.69 Å². The van der Waals surface area contributed by atoms with E-state index in [-0.39, 0.29) is 18.2 Å². The van der Waals surface area contributed by atoms with Gasteiger partial charge in [-0.25, -0.2) is 4.98 Å². The van der Waals surface area contributed by atoms with Crippen molar-refractivity contribution < 1.29 is 9.59 Å². The van der Waals surface area contributed by atoms with Crippen LogP contribution >= 0.6 is 0 Å². The largest absolute Gasteiger partial charge is 0.356 e. The molecule has 1 saturated heterocycles. The summed E-state index contributed by atoms with van der Waals surface area (Å²) in [7, 11) is 0. The molecule has 0 spiro atoms. The van der Waals surface area contributed by atoms with Crippen molar-refractivity contribution in [3.8, 4) is 0 Å². The van der Waals surface area contributed by atoms with Gasteiger partial charge < -0.3 is 19.7 Å². The van der Waals surface area contributed by atoms with Crippen LogP contribution in [0, 0.1) is 5.92 Å². The highest BCUT2D eigenvalue weighted by Gasteiger charge is 2.32. The molecule has 7 heteroatoms. The van der Waals surface area contributed by atoms with Crippen LogP contribution in [0.5, 0.6) is 0 Å². The number of carbonyl (C=O) groups excluding carboxylic acids is 2. The zero-order valence-corrected chi connectivity index (χ0v) is 21.5. The molecule has 3 heterocycles. The molecular weight excluding hydrogens is 462 g/mol. The Morgan fingerprint density at radius 3 is 2.57 bits per heavy atom. The summed E-state index contributed by atoms with van der Waals surface area (Å²) < 4.78 is 1.75. The van der Waals surface area contributed by atoms with Crippen molar-refractivity contribution in [2.75, 3.05) is 37.6 Å². The molecule has 2 aromatic carbocycles. The van der Waals surface area contributed by atoms with Crippen molar-refractivity contribution in [2.24, 2.45) is 5.92 Å². The van der Waals surface area contributed by atoms with Gasteiger partial charge in [-0.05, 0) is 74.8 Å². The number of hydrogen-bond donors (Lipinski definition) is 1. The molecule has 0 radical (unpaired) electrons. The molecule has 37 heavy (non-hydrogen) atoms. The number of carbonyl (C=O) groups is 2. The minimum Gasteiger partial charge on any atom is -0.356 e. The van der Waals surface area contributed by atoms with Crippen LogP contribution < -0.4 is 10.2 Å². The van der Waals surface area contributed by atoms with Gasteiger partial charge in [0.2, 0.25) is 5.91 Å². The summed E-state index contributed by atoms with van der Waals surface area (Å²) in [5.41, 5.74) is 3.56. The van der Waals surface area contributed by atoms with Gasteiger partial charge in [0.05, 0.1) is 12.7 Å². The quantitative estimate of drug-likeness (QED) is 0.430. The summed E-state index contributed by atoms with van der Waals surface area (Å²) in [5.74, 6) is 0.608. The highest BCUT2D eigenvalue weighted by Crippen LogP contribution is 2.30. The van der Waals surface area contributed by atoms with Crippen LogP contribution in [-0.4, -0.2) is 59.0 Å². The predicted molar refractivity (Wildman–Crippen MR) is 145 cm³/mol. The van der Waals surface area contributed by atoms with E-state index < -0.39 is 6.04 Å². The predicted octanol–water partition coefficient (Wildman–Crippen LogP) is 3.86. The number of fused-ring (bicyclic) bond motifs is 1. The van der Waals surface area contributed by atoms with Crippen LogP contribution in [0.25, 0.3) is 0 Å². The van der Waals surface area contributed by atoms with Crippen molar-refractivity contribution in [1.29, 1.82) is 0 Å². The maximum atomic E-state index is 13.5. The van der Waals surface area contributed by atoms with E-state index >= 15 is 0 Å². The number of benzene rings is 2. The van der Waals surface area contributed by atoms with Crippen molar-refractivity contribution in [3.05, 3.63) is 84.4 Å². The lowest BCUT2D eigenvalue weighted by molar-refractivity contribution is -0.128. The van der Waals surface area contributed by atoms with Gasteiger partial charge >= 0.3 is 0 Å². The molecular formula is C30H37N5O2. The summed E-state index contributed by atoms with van der Waals surface area (Å²) in [5, 5.41) is 3.05. The Morgan fingerprint density at radius 2 is 1.78 bits per heavy atom. The molecule has 0 saturated carbocycles. The summed E-state index contributed by atoms with van der Waals surface area (Å²) in [6.45, 7) is 4.51. The van der Waals surface area contributed by atoms with Crippen molar-refractivity contribution >= 4 is 17.5 Å². The van der Waals surface area contributed by atoms with Crippen molar-refractivity contribution in [2.45, 2.75) is 44.6 Å². The number of aromatic nitrogens is 2. The van der Waals surface area contributed by atoms with Crippen LogP contribution in [0.15, 0.2) is 73.3 Å². The standard InChI is InChI=1S/C30H37N5O2/c36-29(32-14-6-16-33-17-11-25(12-18-33)21-24-7-2-1-3-8-24)22-28(34-20-15-31-23-34)30(37)35-19-13-26-9-4-5-10-27(26)35/h1-5,7-10,15,20,23,25,28H,6,11-14,16-19,21-22H2,(H,32,36). The van der Waals surface area contributed by atoms with E-state index in [1.807, 2.05) is 23.1 Å². The summed E-state index contributed by atoms with van der Waals surface area (Å²) >= 11 is 0. The topological polar surface area (TPSA) is 70.5 Å². The molecule has 0 bridgehead atoms.